The Morgan fingerprint density at radius 2 is 1.84 bits per heavy atom. The lowest BCUT2D eigenvalue weighted by Crippen LogP contribution is -2.28. The summed E-state index contributed by atoms with van der Waals surface area (Å²) in [7, 11) is 0.485. The van der Waals surface area contributed by atoms with Crippen LogP contribution >= 0.6 is 0 Å². The van der Waals surface area contributed by atoms with Crippen molar-refractivity contribution in [3.8, 4) is 11.3 Å². The first kappa shape index (κ1) is 23.6. The smallest absolute Gasteiger partial charge is 0.264 e. The van der Waals surface area contributed by atoms with Gasteiger partial charge < -0.3 is 4.90 Å². The second-order valence-corrected chi connectivity index (χ2v) is 9.18. The summed E-state index contributed by atoms with van der Waals surface area (Å²) in [5.74, 6) is -0.525. The molecule has 0 aliphatic rings. The molecule has 0 bridgehead atoms. The Morgan fingerprint density at radius 3 is 2.50 bits per heavy atom. The number of aromatic nitrogens is 2. The number of nitrogens with one attached hydrogen (secondary N) is 1. The first-order valence-electron chi connectivity index (χ1n) is 9.91. The zero-order chi connectivity index (χ0) is 23.3. The van der Waals surface area contributed by atoms with Crippen molar-refractivity contribution < 1.29 is 22.4 Å². The van der Waals surface area contributed by atoms with Crippen LogP contribution in [-0.4, -0.2) is 61.6 Å². The fourth-order valence-corrected chi connectivity index (χ4v) is 4.10. The summed E-state index contributed by atoms with van der Waals surface area (Å²) in [6.45, 7) is 0.500. The van der Waals surface area contributed by atoms with E-state index in [1.165, 1.54) is 50.6 Å². The minimum Gasteiger partial charge on any atom is -0.342 e. The van der Waals surface area contributed by atoms with Crippen molar-refractivity contribution in [2.75, 3.05) is 27.7 Å². The van der Waals surface area contributed by atoms with Gasteiger partial charge in [-0.2, -0.15) is 5.10 Å². The van der Waals surface area contributed by atoms with Crippen molar-refractivity contribution >= 4 is 15.9 Å². The molecule has 0 radical (unpaired) electrons. The molecule has 0 aliphatic carbocycles. The number of aromatic amines is 1. The minimum atomic E-state index is -3.76. The second-order valence-electron chi connectivity index (χ2n) is 7.24. The van der Waals surface area contributed by atoms with E-state index >= 15 is 0 Å². The van der Waals surface area contributed by atoms with E-state index in [4.69, 9.17) is 4.84 Å². The first-order valence-corrected chi connectivity index (χ1v) is 11.3. The molecule has 0 saturated heterocycles. The highest BCUT2D eigenvalue weighted by Gasteiger charge is 2.21. The van der Waals surface area contributed by atoms with Crippen molar-refractivity contribution in [1.82, 2.24) is 19.6 Å². The van der Waals surface area contributed by atoms with Gasteiger partial charge in [-0.25, -0.2) is 12.8 Å². The number of hydrogen-bond acceptors (Lipinski definition) is 5. The van der Waals surface area contributed by atoms with E-state index in [-0.39, 0.29) is 16.6 Å². The van der Waals surface area contributed by atoms with Crippen LogP contribution in [0.5, 0.6) is 0 Å². The van der Waals surface area contributed by atoms with E-state index in [0.29, 0.717) is 36.2 Å². The average Bonchev–Trinajstić information content (AvgIpc) is 3.27. The summed E-state index contributed by atoms with van der Waals surface area (Å²) in [4.78, 5) is 19.0. The zero-order valence-electron chi connectivity index (χ0n) is 18.1. The van der Waals surface area contributed by atoms with Crippen LogP contribution in [0.1, 0.15) is 22.5 Å². The lowest BCUT2D eigenvalue weighted by atomic mass is 10.1. The highest BCUT2D eigenvalue weighted by atomic mass is 32.2. The molecule has 0 aliphatic heterocycles. The molecule has 170 valence electrons. The Kier molecular flexibility index (Phi) is 7.39. The van der Waals surface area contributed by atoms with Crippen LogP contribution in [0.2, 0.25) is 0 Å². The predicted molar refractivity (Wildman–Crippen MR) is 118 cm³/mol. The second kappa shape index (κ2) is 10.0. The normalized spacial score (nSPS) is 11.7. The van der Waals surface area contributed by atoms with Gasteiger partial charge in [-0.15, -0.1) is 0 Å². The number of hydrogen-bond donors (Lipinski definition) is 1. The van der Waals surface area contributed by atoms with Crippen LogP contribution in [0.15, 0.2) is 59.5 Å². The molecule has 1 aromatic heterocycles. The van der Waals surface area contributed by atoms with Crippen LogP contribution in [0.3, 0.4) is 0 Å². The highest BCUT2D eigenvalue weighted by Crippen LogP contribution is 2.19. The molecular formula is C22H25FN4O4S. The standard InChI is InChI=1S/C22H25FN4O4S/c1-26(22(28)16-9-11-20(12-10-16)32(29,30)27(2)31-3)13-5-8-19-15-21(25-24-19)17-6-4-7-18(23)14-17/h4,6-7,9-12,14-15H,5,8,13H2,1-3H3,(H,24,25). The van der Waals surface area contributed by atoms with Gasteiger partial charge in [0.1, 0.15) is 5.82 Å². The van der Waals surface area contributed by atoms with Crippen molar-refractivity contribution in [1.29, 1.82) is 0 Å². The summed E-state index contributed by atoms with van der Waals surface area (Å²) in [5.41, 5.74) is 2.64. The van der Waals surface area contributed by atoms with Crippen LogP contribution in [0.25, 0.3) is 11.3 Å². The molecule has 2 aromatic carbocycles. The SMILES string of the molecule is CON(C)S(=O)(=O)c1ccc(C(=O)N(C)CCCc2cc(-c3cccc(F)c3)n[nH]2)cc1. The van der Waals surface area contributed by atoms with Gasteiger partial charge in [-0.3, -0.25) is 14.7 Å². The number of nitrogens with zero attached hydrogens (tertiary/aromatic N) is 3. The molecule has 1 amide bonds. The molecule has 8 nitrogen and oxygen atoms in total. The van der Waals surface area contributed by atoms with Crippen molar-refractivity contribution in [3.05, 3.63) is 71.7 Å². The number of benzene rings is 2. The summed E-state index contributed by atoms with van der Waals surface area (Å²) in [5, 5.41) is 7.17. The zero-order valence-corrected chi connectivity index (χ0v) is 18.9. The van der Waals surface area contributed by atoms with E-state index in [1.807, 2.05) is 6.07 Å². The molecule has 0 saturated carbocycles. The number of aryl methyl sites for hydroxylation is 1. The van der Waals surface area contributed by atoms with Gasteiger partial charge in [-0.05, 0) is 55.3 Å². The number of halogens is 1. The highest BCUT2D eigenvalue weighted by molar-refractivity contribution is 7.89. The molecule has 32 heavy (non-hydrogen) atoms. The Labute approximate surface area is 186 Å². The Balaban J connectivity index is 1.55. The number of carbonyl (C=O) groups is 1. The topological polar surface area (TPSA) is 95.6 Å². The molecule has 0 fully saturated rings. The van der Waals surface area contributed by atoms with E-state index in [9.17, 15) is 17.6 Å². The molecular weight excluding hydrogens is 435 g/mol. The lowest BCUT2D eigenvalue weighted by Gasteiger charge is -2.18. The number of amides is 1. The number of sulfonamides is 1. The van der Waals surface area contributed by atoms with Gasteiger partial charge in [0.15, 0.2) is 0 Å². The fourth-order valence-electron chi connectivity index (χ4n) is 3.13. The maximum atomic E-state index is 13.4. The monoisotopic (exact) mass is 460 g/mol. The third-order valence-corrected chi connectivity index (χ3v) is 6.73. The van der Waals surface area contributed by atoms with Crippen molar-refractivity contribution in [2.24, 2.45) is 0 Å². The summed E-state index contributed by atoms with van der Waals surface area (Å²) in [6.07, 6.45) is 1.36. The van der Waals surface area contributed by atoms with E-state index < -0.39 is 10.0 Å². The van der Waals surface area contributed by atoms with Crippen LogP contribution in [0, 0.1) is 5.82 Å². The predicted octanol–water partition coefficient (Wildman–Crippen LogP) is 3.10. The maximum absolute atomic E-state index is 13.4. The van der Waals surface area contributed by atoms with Crippen LogP contribution in [0.4, 0.5) is 4.39 Å². The quantitative estimate of drug-likeness (QED) is 0.495. The van der Waals surface area contributed by atoms with Gasteiger partial charge in [0.2, 0.25) is 0 Å². The average molecular weight is 461 g/mol. The molecule has 10 heteroatoms. The molecule has 3 rings (SSSR count). The third-order valence-electron chi connectivity index (χ3n) is 5.03. The number of rotatable bonds is 9. The van der Waals surface area contributed by atoms with Crippen LogP contribution < -0.4 is 0 Å². The maximum Gasteiger partial charge on any atom is 0.264 e. The summed E-state index contributed by atoms with van der Waals surface area (Å²) < 4.78 is 38.6. The van der Waals surface area contributed by atoms with Crippen LogP contribution in [-0.2, 0) is 21.3 Å². The van der Waals surface area contributed by atoms with Gasteiger partial charge in [-0.1, -0.05) is 16.6 Å². The minimum absolute atomic E-state index is 0.0365. The number of hydroxylamine groups is 1. The molecule has 0 atom stereocenters. The number of H-pyrrole nitrogens is 1. The fraction of sp³-hybridized carbons (Fsp3) is 0.273. The number of carbonyl (C=O) groups excluding carboxylic acids is 1. The van der Waals surface area contributed by atoms with Gasteiger partial charge in [0, 0.05) is 37.5 Å². The summed E-state index contributed by atoms with van der Waals surface area (Å²) >= 11 is 0. The van der Waals surface area contributed by atoms with Crippen molar-refractivity contribution in [3.63, 3.8) is 0 Å². The van der Waals surface area contributed by atoms with E-state index in [0.717, 1.165) is 10.2 Å². The molecule has 0 unspecified atom stereocenters. The van der Waals surface area contributed by atoms with E-state index in [1.54, 1.807) is 24.1 Å². The molecule has 0 spiro atoms. The molecule has 3 aromatic rings. The Bertz CT molecular complexity index is 1180. The van der Waals surface area contributed by atoms with Gasteiger partial charge in [0.05, 0.1) is 17.7 Å². The van der Waals surface area contributed by atoms with Crippen molar-refractivity contribution in [2.45, 2.75) is 17.7 Å². The largest absolute Gasteiger partial charge is 0.342 e. The first-order chi connectivity index (χ1) is 15.2. The molecule has 1 heterocycles. The Hall–Kier alpha value is -3.08. The Morgan fingerprint density at radius 1 is 1.12 bits per heavy atom. The summed E-state index contributed by atoms with van der Waals surface area (Å²) in [6, 6.07) is 13.8. The third kappa shape index (κ3) is 5.39. The van der Waals surface area contributed by atoms with E-state index in [2.05, 4.69) is 10.2 Å². The lowest BCUT2D eigenvalue weighted by molar-refractivity contribution is -0.0258. The molecule has 1 N–H and O–H groups in total. The van der Waals surface area contributed by atoms with Gasteiger partial charge >= 0.3 is 0 Å². The van der Waals surface area contributed by atoms with Gasteiger partial charge in [0.25, 0.3) is 15.9 Å².